The fraction of sp³-hybridized carbons (Fsp3) is 0.812. The maximum atomic E-state index is 9.05. The third-order valence-corrected chi connectivity index (χ3v) is 5.46. The summed E-state index contributed by atoms with van der Waals surface area (Å²) in [5.41, 5.74) is 1.27. The summed E-state index contributed by atoms with van der Waals surface area (Å²) in [6.07, 6.45) is 1.99. The van der Waals surface area contributed by atoms with Crippen molar-refractivity contribution in [3.05, 3.63) is 15.6 Å². The Hall–Kier alpha value is -0.450. The molecule has 0 bridgehead atoms. The number of aliphatic hydroxyl groups is 1. The Morgan fingerprint density at radius 3 is 2.45 bits per heavy atom. The zero-order valence-electron chi connectivity index (χ0n) is 13.8. The third-order valence-electron chi connectivity index (χ3n) is 3.69. The Balaban J connectivity index is 2.68. The molecule has 4 heteroatoms. The number of rotatable bonds is 7. The van der Waals surface area contributed by atoms with Gasteiger partial charge in [0.1, 0.15) is 0 Å². The first-order chi connectivity index (χ1) is 9.29. The van der Waals surface area contributed by atoms with Crippen LogP contribution in [0.3, 0.4) is 0 Å². The van der Waals surface area contributed by atoms with E-state index < -0.39 is 0 Å². The van der Waals surface area contributed by atoms with Crippen LogP contribution >= 0.6 is 11.3 Å². The van der Waals surface area contributed by atoms with Crippen molar-refractivity contribution in [2.24, 2.45) is 5.92 Å². The van der Waals surface area contributed by atoms with E-state index in [0.717, 1.165) is 25.1 Å². The van der Waals surface area contributed by atoms with E-state index in [9.17, 15) is 0 Å². The van der Waals surface area contributed by atoms with Gasteiger partial charge in [0, 0.05) is 22.9 Å². The van der Waals surface area contributed by atoms with E-state index in [1.807, 2.05) is 11.3 Å². The first kappa shape index (κ1) is 17.6. The maximum absolute atomic E-state index is 9.05. The molecule has 0 amide bonds. The Labute approximate surface area is 127 Å². The minimum atomic E-state index is 0.121. The lowest BCUT2D eigenvalue weighted by molar-refractivity contribution is 0.249. The summed E-state index contributed by atoms with van der Waals surface area (Å²) < 4.78 is 0. The fourth-order valence-electron chi connectivity index (χ4n) is 2.20. The highest BCUT2D eigenvalue weighted by Crippen LogP contribution is 2.32. The van der Waals surface area contributed by atoms with E-state index in [1.165, 1.54) is 9.88 Å². The number of aromatic nitrogens is 1. The fourth-order valence-corrected chi connectivity index (χ4v) is 3.35. The van der Waals surface area contributed by atoms with Crippen LogP contribution in [0.15, 0.2) is 0 Å². The van der Waals surface area contributed by atoms with Crippen molar-refractivity contribution < 1.29 is 5.11 Å². The predicted octanol–water partition coefficient (Wildman–Crippen LogP) is 3.81. The molecule has 0 saturated heterocycles. The second kappa shape index (κ2) is 7.53. The second-order valence-corrected chi connectivity index (χ2v) is 7.67. The van der Waals surface area contributed by atoms with E-state index in [1.54, 1.807) is 0 Å². The minimum absolute atomic E-state index is 0.121. The van der Waals surface area contributed by atoms with Gasteiger partial charge in [0.25, 0.3) is 0 Å². The van der Waals surface area contributed by atoms with Gasteiger partial charge in [-0.25, -0.2) is 4.98 Å². The van der Waals surface area contributed by atoms with E-state index in [-0.39, 0.29) is 12.0 Å². The SMILES string of the molecule is CCC(CCO)CNC(C)c1sc(C(C)(C)C)nc1C. The van der Waals surface area contributed by atoms with Crippen molar-refractivity contribution in [3.8, 4) is 0 Å². The largest absolute Gasteiger partial charge is 0.396 e. The lowest BCUT2D eigenvalue weighted by Gasteiger charge is -2.19. The summed E-state index contributed by atoms with van der Waals surface area (Å²) in [6.45, 7) is 14.4. The number of nitrogens with one attached hydrogen (secondary N) is 1. The molecule has 1 heterocycles. The Morgan fingerprint density at radius 2 is 2.00 bits per heavy atom. The van der Waals surface area contributed by atoms with Crippen LogP contribution in [0.25, 0.3) is 0 Å². The number of aliphatic hydroxyl groups excluding tert-OH is 1. The minimum Gasteiger partial charge on any atom is -0.396 e. The van der Waals surface area contributed by atoms with Crippen LogP contribution in [0, 0.1) is 12.8 Å². The number of aryl methyl sites for hydroxylation is 1. The van der Waals surface area contributed by atoms with Gasteiger partial charge in [-0.05, 0) is 32.7 Å². The molecule has 3 nitrogen and oxygen atoms in total. The van der Waals surface area contributed by atoms with Crippen molar-refractivity contribution in [2.45, 2.75) is 65.8 Å². The normalized spacial score (nSPS) is 15.3. The molecule has 2 unspecified atom stereocenters. The van der Waals surface area contributed by atoms with Crippen molar-refractivity contribution >= 4 is 11.3 Å². The maximum Gasteiger partial charge on any atom is 0.0985 e. The molecule has 116 valence electrons. The Bertz CT molecular complexity index is 409. The van der Waals surface area contributed by atoms with Crippen molar-refractivity contribution in [2.75, 3.05) is 13.2 Å². The highest BCUT2D eigenvalue weighted by atomic mass is 32.1. The molecule has 1 rings (SSSR count). The van der Waals surface area contributed by atoms with E-state index in [4.69, 9.17) is 10.1 Å². The molecule has 1 aromatic rings. The smallest absolute Gasteiger partial charge is 0.0985 e. The van der Waals surface area contributed by atoms with Gasteiger partial charge in [-0.2, -0.15) is 0 Å². The molecule has 1 aromatic heterocycles. The summed E-state index contributed by atoms with van der Waals surface area (Å²) in [7, 11) is 0. The highest BCUT2D eigenvalue weighted by Gasteiger charge is 2.22. The summed E-state index contributed by atoms with van der Waals surface area (Å²) in [6, 6.07) is 0.330. The molecule has 0 saturated carbocycles. The van der Waals surface area contributed by atoms with E-state index in [2.05, 4.69) is 46.9 Å². The summed E-state index contributed by atoms with van der Waals surface area (Å²) in [5.74, 6) is 0.553. The van der Waals surface area contributed by atoms with Gasteiger partial charge in [-0.3, -0.25) is 0 Å². The van der Waals surface area contributed by atoms with Crippen LogP contribution in [-0.2, 0) is 5.41 Å². The van der Waals surface area contributed by atoms with Gasteiger partial charge in [-0.15, -0.1) is 11.3 Å². The van der Waals surface area contributed by atoms with Crippen LogP contribution in [0.1, 0.15) is 69.1 Å². The quantitative estimate of drug-likeness (QED) is 0.804. The molecule has 0 fully saturated rings. The standard InChI is InChI=1S/C16H30N2OS/c1-7-13(8-9-19)10-17-11(2)14-12(3)18-15(20-14)16(4,5)6/h11,13,17,19H,7-10H2,1-6H3. The van der Waals surface area contributed by atoms with Gasteiger partial charge < -0.3 is 10.4 Å². The third kappa shape index (κ3) is 4.83. The van der Waals surface area contributed by atoms with Crippen molar-refractivity contribution in [1.82, 2.24) is 10.3 Å². The highest BCUT2D eigenvalue weighted by molar-refractivity contribution is 7.12. The number of hydrogen-bond acceptors (Lipinski definition) is 4. The van der Waals surface area contributed by atoms with Crippen LogP contribution in [0.5, 0.6) is 0 Å². The van der Waals surface area contributed by atoms with Gasteiger partial charge in [0.2, 0.25) is 0 Å². The van der Waals surface area contributed by atoms with Crippen LogP contribution in [-0.4, -0.2) is 23.2 Å². The van der Waals surface area contributed by atoms with Crippen molar-refractivity contribution in [3.63, 3.8) is 0 Å². The molecule has 0 spiro atoms. The predicted molar refractivity (Wildman–Crippen MR) is 87.5 cm³/mol. The monoisotopic (exact) mass is 298 g/mol. The molecule has 2 atom stereocenters. The van der Waals surface area contributed by atoms with Gasteiger partial charge in [0.15, 0.2) is 0 Å². The Morgan fingerprint density at radius 1 is 1.35 bits per heavy atom. The lowest BCUT2D eigenvalue weighted by atomic mass is 9.98. The molecular formula is C16H30N2OS. The topological polar surface area (TPSA) is 45.1 Å². The number of thiazole rings is 1. The van der Waals surface area contributed by atoms with Gasteiger partial charge >= 0.3 is 0 Å². The number of nitrogens with zero attached hydrogens (tertiary/aromatic N) is 1. The zero-order valence-corrected chi connectivity index (χ0v) is 14.6. The average Bonchev–Trinajstić information content (AvgIpc) is 2.76. The van der Waals surface area contributed by atoms with Gasteiger partial charge in [0.05, 0.1) is 10.7 Å². The van der Waals surface area contributed by atoms with Gasteiger partial charge in [-0.1, -0.05) is 34.1 Å². The molecule has 20 heavy (non-hydrogen) atoms. The molecule has 0 aliphatic carbocycles. The number of hydrogen-bond donors (Lipinski definition) is 2. The van der Waals surface area contributed by atoms with Crippen molar-refractivity contribution in [1.29, 1.82) is 0 Å². The average molecular weight is 298 g/mol. The second-order valence-electron chi connectivity index (χ2n) is 6.64. The lowest BCUT2D eigenvalue weighted by Crippen LogP contribution is -2.26. The Kier molecular flexibility index (Phi) is 6.62. The molecule has 0 radical (unpaired) electrons. The summed E-state index contributed by atoms with van der Waals surface area (Å²) in [4.78, 5) is 6.07. The van der Waals surface area contributed by atoms with E-state index in [0.29, 0.717) is 12.0 Å². The molecular weight excluding hydrogens is 268 g/mol. The van der Waals surface area contributed by atoms with E-state index >= 15 is 0 Å². The molecule has 0 aromatic carbocycles. The molecule has 0 aliphatic heterocycles. The zero-order chi connectivity index (χ0) is 15.3. The molecule has 0 aliphatic rings. The molecule has 2 N–H and O–H groups in total. The van der Waals surface area contributed by atoms with Crippen LogP contribution in [0.2, 0.25) is 0 Å². The van der Waals surface area contributed by atoms with Crippen LogP contribution < -0.4 is 5.32 Å². The first-order valence-electron chi connectivity index (χ1n) is 7.61. The van der Waals surface area contributed by atoms with Crippen LogP contribution in [0.4, 0.5) is 0 Å². The summed E-state index contributed by atoms with van der Waals surface area (Å²) in [5, 5.41) is 13.9. The summed E-state index contributed by atoms with van der Waals surface area (Å²) >= 11 is 1.82. The first-order valence-corrected chi connectivity index (χ1v) is 8.43.